The highest BCUT2D eigenvalue weighted by Crippen LogP contribution is 2.38. The Balaban J connectivity index is 1.95. The third-order valence-electron chi connectivity index (χ3n) is 3.80. The molecule has 2 rings (SSSR count). The van der Waals surface area contributed by atoms with E-state index >= 15 is 0 Å². The van der Waals surface area contributed by atoms with Crippen molar-refractivity contribution in [1.82, 2.24) is 10.2 Å². The number of hydrogen-bond acceptors (Lipinski definition) is 3. The molecule has 2 unspecified atom stereocenters. The third kappa shape index (κ3) is 3.38. The topological polar surface area (TPSA) is 41.6 Å². The molecule has 110 valence electrons. The number of alkyl halides is 1. The van der Waals surface area contributed by atoms with Gasteiger partial charge < -0.3 is 15.0 Å². The average Bonchev–Trinajstić information content (AvgIpc) is 2.80. The molecule has 0 aromatic carbocycles. The van der Waals surface area contributed by atoms with Crippen LogP contribution in [-0.4, -0.2) is 47.4 Å². The van der Waals surface area contributed by atoms with Gasteiger partial charge in [0.15, 0.2) is 0 Å². The van der Waals surface area contributed by atoms with Crippen molar-refractivity contribution in [3.63, 3.8) is 0 Å². The van der Waals surface area contributed by atoms with Crippen LogP contribution in [0.2, 0.25) is 0 Å². The molecule has 1 N–H and O–H groups in total. The average molecular weight is 272 g/mol. The molecule has 0 saturated carbocycles. The van der Waals surface area contributed by atoms with E-state index in [0.717, 1.165) is 19.3 Å². The van der Waals surface area contributed by atoms with Gasteiger partial charge in [-0.2, -0.15) is 0 Å². The number of halogens is 1. The van der Waals surface area contributed by atoms with E-state index in [4.69, 9.17) is 4.74 Å². The Bertz CT molecular complexity index is 341. The van der Waals surface area contributed by atoms with Crippen molar-refractivity contribution in [2.45, 2.75) is 76.9 Å². The molecule has 2 aliphatic heterocycles. The molecule has 2 saturated heterocycles. The number of nitrogens with one attached hydrogen (secondary N) is 1. The number of fused-ring (bicyclic) bond motifs is 2. The maximum atomic E-state index is 12.9. The first-order valence-corrected chi connectivity index (χ1v) is 7.16. The summed E-state index contributed by atoms with van der Waals surface area (Å²) in [5.41, 5.74) is -0.463. The van der Waals surface area contributed by atoms with Crippen molar-refractivity contribution in [1.29, 1.82) is 0 Å². The number of ether oxygens (including phenoxy) is 1. The summed E-state index contributed by atoms with van der Waals surface area (Å²) < 4.78 is 18.4. The molecule has 2 aliphatic rings. The highest BCUT2D eigenvalue weighted by molar-refractivity contribution is 5.70. The summed E-state index contributed by atoms with van der Waals surface area (Å²) in [7, 11) is 0. The van der Waals surface area contributed by atoms with Crippen LogP contribution < -0.4 is 5.32 Å². The van der Waals surface area contributed by atoms with Gasteiger partial charge in [0.2, 0.25) is 0 Å². The maximum absolute atomic E-state index is 12.9. The Labute approximate surface area is 114 Å². The monoisotopic (exact) mass is 272 g/mol. The lowest BCUT2D eigenvalue weighted by Crippen LogP contribution is -2.45. The normalized spacial score (nSPS) is 31.6. The van der Waals surface area contributed by atoms with E-state index in [0.29, 0.717) is 6.54 Å². The van der Waals surface area contributed by atoms with Gasteiger partial charge in [-0.1, -0.05) is 0 Å². The minimum atomic E-state index is -0.853. The van der Waals surface area contributed by atoms with E-state index in [-0.39, 0.29) is 24.2 Å². The summed E-state index contributed by atoms with van der Waals surface area (Å²) in [6, 6.07) is 0.635. The molecule has 19 heavy (non-hydrogen) atoms. The van der Waals surface area contributed by atoms with E-state index in [1.807, 2.05) is 25.7 Å². The summed E-state index contributed by atoms with van der Waals surface area (Å²) in [6.07, 6.45) is 1.86. The summed E-state index contributed by atoms with van der Waals surface area (Å²) in [4.78, 5) is 14.1. The number of amides is 1. The molecule has 1 amide bonds. The number of rotatable bonds is 3. The minimum absolute atomic E-state index is 0.165. The molecule has 0 aromatic rings. The maximum Gasteiger partial charge on any atom is 0.410 e. The highest BCUT2D eigenvalue weighted by atomic mass is 19.1. The second kappa shape index (κ2) is 5.27. The van der Waals surface area contributed by atoms with Gasteiger partial charge in [-0.05, 0) is 47.0 Å². The number of carbonyl (C=O) groups excluding carboxylic acids is 1. The fourth-order valence-corrected chi connectivity index (χ4v) is 3.12. The van der Waals surface area contributed by atoms with Crippen molar-refractivity contribution in [3.8, 4) is 0 Å². The van der Waals surface area contributed by atoms with Crippen LogP contribution in [0.4, 0.5) is 9.18 Å². The van der Waals surface area contributed by atoms with Gasteiger partial charge in [0.25, 0.3) is 0 Å². The number of hydrogen-bond donors (Lipinski definition) is 1. The van der Waals surface area contributed by atoms with E-state index in [2.05, 4.69) is 5.32 Å². The van der Waals surface area contributed by atoms with Crippen LogP contribution in [0, 0.1) is 0 Å². The number of nitrogens with zero attached hydrogens (tertiary/aromatic N) is 1. The molecule has 0 spiro atoms. The Morgan fingerprint density at radius 2 is 2.16 bits per heavy atom. The molecule has 0 radical (unpaired) electrons. The first-order chi connectivity index (χ1) is 8.78. The predicted molar refractivity (Wildman–Crippen MR) is 71.9 cm³/mol. The summed E-state index contributed by atoms with van der Waals surface area (Å²) in [5.74, 6) is 0. The van der Waals surface area contributed by atoms with Crippen LogP contribution in [0.25, 0.3) is 0 Å². The highest BCUT2D eigenvalue weighted by Gasteiger charge is 2.49. The minimum Gasteiger partial charge on any atom is -0.444 e. The van der Waals surface area contributed by atoms with E-state index in [9.17, 15) is 9.18 Å². The zero-order valence-electron chi connectivity index (χ0n) is 12.3. The van der Waals surface area contributed by atoms with Gasteiger partial charge in [0.1, 0.15) is 11.8 Å². The lowest BCUT2D eigenvalue weighted by Gasteiger charge is -2.28. The van der Waals surface area contributed by atoms with Crippen molar-refractivity contribution in [2.75, 3.05) is 6.54 Å². The number of carbonyl (C=O) groups is 1. The largest absolute Gasteiger partial charge is 0.444 e. The molecule has 2 bridgehead atoms. The van der Waals surface area contributed by atoms with Gasteiger partial charge in [0, 0.05) is 18.6 Å². The molecule has 4 nitrogen and oxygen atoms in total. The Kier molecular flexibility index (Phi) is 4.04. The Morgan fingerprint density at radius 1 is 1.47 bits per heavy atom. The van der Waals surface area contributed by atoms with Crippen LogP contribution in [0.5, 0.6) is 0 Å². The van der Waals surface area contributed by atoms with Crippen molar-refractivity contribution in [3.05, 3.63) is 0 Å². The van der Waals surface area contributed by atoms with Crippen LogP contribution in [0.1, 0.15) is 47.0 Å². The van der Waals surface area contributed by atoms with Gasteiger partial charge in [-0.25, -0.2) is 9.18 Å². The second-order valence-electron chi connectivity index (χ2n) is 6.72. The summed E-state index contributed by atoms with van der Waals surface area (Å²) in [6.45, 7) is 7.54. The van der Waals surface area contributed by atoms with Gasteiger partial charge in [-0.15, -0.1) is 0 Å². The summed E-state index contributed by atoms with van der Waals surface area (Å²) in [5, 5.41) is 3.24. The molecule has 0 aromatic heterocycles. The third-order valence-corrected chi connectivity index (χ3v) is 3.80. The van der Waals surface area contributed by atoms with E-state index in [1.165, 1.54) is 0 Å². The quantitative estimate of drug-likeness (QED) is 0.858. The molecule has 5 heteroatoms. The Hall–Kier alpha value is -0.840. The first-order valence-electron chi connectivity index (χ1n) is 7.16. The van der Waals surface area contributed by atoms with Crippen LogP contribution >= 0.6 is 0 Å². The first kappa shape index (κ1) is 14.6. The van der Waals surface area contributed by atoms with Crippen molar-refractivity contribution >= 4 is 6.09 Å². The van der Waals surface area contributed by atoms with E-state index in [1.54, 1.807) is 6.92 Å². The fourth-order valence-electron chi connectivity index (χ4n) is 3.12. The van der Waals surface area contributed by atoms with E-state index < -0.39 is 11.8 Å². The Morgan fingerprint density at radius 3 is 2.74 bits per heavy atom. The second-order valence-corrected chi connectivity index (χ2v) is 6.72. The zero-order valence-corrected chi connectivity index (χ0v) is 12.3. The van der Waals surface area contributed by atoms with Gasteiger partial charge in [0.05, 0.1) is 6.04 Å². The van der Waals surface area contributed by atoms with Crippen LogP contribution in [0.15, 0.2) is 0 Å². The van der Waals surface area contributed by atoms with Crippen LogP contribution in [0.3, 0.4) is 0 Å². The molecule has 4 atom stereocenters. The SMILES string of the molecule is CC(F)CNC1C[C@H]2CC[C@H]1N2C(=O)OC(C)(C)C. The molecule has 2 heterocycles. The zero-order chi connectivity index (χ0) is 14.2. The van der Waals surface area contributed by atoms with Gasteiger partial charge in [-0.3, -0.25) is 0 Å². The summed E-state index contributed by atoms with van der Waals surface area (Å²) >= 11 is 0. The fraction of sp³-hybridized carbons (Fsp3) is 0.929. The molecular weight excluding hydrogens is 247 g/mol. The van der Waals surface area contributed by atoms with Crippen molar-refractivity contribution in [2.24, 2.45) is 0 Å². The van der Waals surface area contributed by atoms with Crippen molar-refractivity contribution < 1.29 is 13.9 Å². The molecular formula is C14H25FN2O2. The lowest BCUT2D eigenvalue weighted by molar-refractivity contribution is 0.0210. The smallest absolute Gasteiger partial charge is 0.410 e. The van der Waals surface area contributed by atoms with Crippen LogP contribution in [-0.2, 0) is 4.74 Å². The predicted octanol–water partition coefficient (Wildman–Crippen LogP) is 2.47. The van der Waals surface area contributed by atoms with Gasteiger partial charge >= 0.3 is 6.09 Å². The molecule has 0 aliphatic carbocycles. The standard InChI is InChI=1S/C14H25FN2O2/c1-9(15)8-16-11-7-10-5-6-12(11)17(10)13(18)19-14(2,3)4/h9-12,16H,5-8H2,1-4H3/t9?,10-,11?,12-/m1/s1. The lowest BCUT2D eigenvalue weighted by atomic mass is 9.95. The molecule has 2 fully saturated rings.